The van der Waals surface area contributed by atoms with Crippen molar-refractivity contribution in [1.82, 2.24) is 0 Å². The van der Waals surface area contributed by atoms with Gasteiger partial charge in [0.25, 0.3) is 0 Å². The van der Waals surface area contributed by atoms with E-state index in [-0.39, 0.29) is 0 Å². The fourth-order valence-electron chi connectivity index (χ4n) is 1.24. The maximum atomic E-state index is 5.88. The van der Waals surface area contributed by atoms with Crippen LogP contribution in [-0.4, -0.2) is 13.1 Å². The van der Waals surface area contributed by atoms with Gasteiger partial charge in [0.15, 0.2) is 0 Å². The number of anilines is 1. The minimum Gasteiger partial charge on any atom is -0.267 e. The van der Waals surface area contributed by atoms with Gasteiger partial charge in [-0.25, -0.2) is 5.84 Å². The topological polar surface area (TPSA) is 54.0 Å². The Bertz CT molecular complexity index is 376. The molecule has 0 aliphatic carbocycles. The molecule has 80 valence electrons. The third kappa shape index (κ3) is 3.04. The van der Waals surface area contributed by atoms with Crippen molar-refractivity contribution in [2.75, 3.05) is 5.01 Å². The Morgan fingerprint density at radius 2 is 2.33 bits per heavy atom. The van der Waals surface area contributed by atoms with Crippen LogP contribution in [-0.2, 0) is 6.42 Å². The number of benzene rings is 1. The zero-order valence-corrected chi connectivity index (χ0v) is 9.28. The molecule has 4 nitrogen and oxygen atoms in total. The van der Waals surface area contributed by atoms with Crippen LogP contribution >= 0.6 is 11.6 Å². The zero-order valence-electron chi connectivity index (χ0n) is 8.52. The highest BCUT2D eigenvalue weighted by atomic mass is 35.5. The summed E-state index contributed by atoms with van der Waals surface area (Å²) >= 11 is 5.88. The van der Waals surface area contributed by atoms with Crippen LogP contribution in [0.1, 0.15) is 12.5 Å². The van der Waals surface area contributed by atoms with Crippen LogP contribution < -0.4 is 10.9 Å². The fraction of sp³-hybridized carbons (Fsp3) is 0.200. The summed E-state index contributed by atoms with van der Waals surface area (Å²) in [6, 6.07) is 5.51. The molecule has 0 radical (unpaired) electrons. The van der Waals surface area contributed by atoms with Gasteiger partial charge in [0.2, 0.25) is 0 Å². The summed E-state index contributed by atoms with van der Waals surface area (Å²) in [5, 5.41) is 9.04. The first kappa shape index (κ1) is 11.7. The summed E-state index contributed by atoms with van der Waals surface area (Å²) in [6.07, 6.45) is 2.24. The van der Waals surface area contributed by atoms with Gasteiger partial charge in [-0.05, 0) is 30.2 Å². The van der Waals surface area contributed by atoms with Crippen LogP contribution in [0, 0.1) is 0 Å². The molecule has 1 rings (SSSR count). The largest absolute Gasteiger partial charge is 0.267 e. The van der Waals surface area contributed by atoms with Crippen molar-refractivity contribution in [2.45, 2.75) is 13.3 Å². The standard InChI is InChI=1S/C10H13ClN4/c1-3-8-6-9(11)4-5-10(8)15(12)7-14-13-2/h4-7H,2-3,12H2,1H3/b14-7-. The number of halogens is 1. The van der Waals surface area contributed by atoms with Gasteiger partial charge in [-0.15, -0.1) is 5.10 Å². The van der Waals surface area contributed by atoms with Crippen molar-refractivity contribution in [3.8, 4) is 0 Å². The van der Waals surface area contributed by atoms with Crippen molar-refractivity contribution < 1.29 is 0 Å². The number of rotatable bonds is 4. The lowest BCUT2D eigenvalue weighted by Gasteiger charge is -2.16. The first-order chi connectivity index (χ1) is 7.19. The average Bonchev–Trinajstić information content (AvgIpc) is 2.25. The average molecular weight is 225 g/mol. The number of nitrogens with zero attached hydrogens (tertiary/aromatic N) is 3. The minimum atomic E-state index is 0.697. The SMILES string of the molecule is C=N/N=C\N(N)c1ccc(Cl)cc1CC. The van der Waals surface area contributed by atoms with E-state index in [0.717, 1.165) is 17.7 Å². The predicted molar refractivity (Wildman–Crippen MR) is 65.5 cm³/mol. The van der Waals surface area contributed by atoms with E-state index in [4.69, 9.17) is 17.4 Å². The molecule has 0 spiro atoms. The predicted octanol–water partition coefficient (Wildman–Crippen LogP) is 2.23. The molecule has 1 aromatic carbocycles. The van der Waals surface area contributed by atoms with Gasteiger partial charge in [0, 0.05) is 11.7 Å². The molecular formula is C10H13ClN4. The van der Waals surface area contributed by atoms with E-state index in [2.05, 4.69) is 16.9 Å². The second-order valence-electron chi connectivity index (χ2n) is 2.91. The van der Waals surface area contributed by atoms with E-state index in [9.17, 15) is 0 Å². The molecule has 0 aliphatic rings. The number of aryl methyl sites for hydroxylation is 1. The smallest absolute Gasteiger partial charge is 0.132 e. The Hall–Kier alpha value is -1.39. The van der Waals surface area contributed by atoms with Gasteiger partial charge in [-0.2, -0.15) is 5.10 Å². The lowest BCUT2D eigenvalue weighted by atomic mass is 10.1. The maximum Gasteiger partial charge on any atom is 0.132 e. The molecule has 0 unspecified atom stereocenters. The van der Waals surface area contributed by atoms with Crippen LogP contribution in [0.5, 0.6) is 0 Å². The van der Waals surface area contributed by atoms with E-state index in [1.807, 2.05) is 19.1 Å². The van der Waals surface area contributed by atoms with E-state index in [1.165, 1.54) is 11.3 Å². The highest BCUT2D eigenvalue weighted by Gasteiger charge is 2.05. The second kappa shape index (κ2) is 5.48. The lowest BCUT2D eigenvalue weighted by molar-refractivity contribution is 1.07. The van der Waals surface area contributed by atoms with Crippen molar-refractivity contribution >= 4 is 30.3 Å². The van der Waals surface area contributed by atoms with Gasteiger partial charge >= 0.3 is 0 Å². The Balaban J connectivity index is 3.02. The van der Waals surface area contributed by atoms with Gasteiger partial charge in [0.05, 0.1) is 5.69 Å². The lowest BCUT2D eigenvalue weighted by Crippen LogP contribution is -2.29. The molecule has 0 atom stereocenters. The van der Waals surface area contributed by atoms with E-state index in [0.29, 0.717) is 5.02 Å². The Morgan fingerprint density at radius 1 is 1.60 bits per heavy atom. The highest BCUT2D eigenvalue weighted by Crippen LogP contribution is 2.22. The van der Waals surface area contributed by atoms with E-state index < -0.39 is 0 Å². The molecule has 0 amide bonds. The first-order valence-corrected chi connectivity index (χ1v) is 4.88. The number of hydrogen-bond donors (Lipinski definition) is 1. The Morgan fingerprint density at radius 3 is 2.93 bits per heavy atom. The number of hydrazine groups is 1. The monoisotopic (exact) mass is 224 g/mol. The van der Waals surface area contributed by atoms with Gasteiger partial charge < -0.3 is 0 Å². The van der Waals surface area contributed by atoms with Crippen molar-refractivity contribution in [1.29, 1.82) is 0 Å². The maximum absolute atomic E-state index is 5.88. The third-order valence-corrected chi connectivity index (χ3v) is 2.19. The minimum absolute atomic E-state index is 0.697. The highest BCUT2D eigenvalue weighted by molar-refractivity contribution is 6.30. The van der Waals surface area contributed by atoms with Crippen molar-refractivity contribution in [3.63, 3.8) is 0 Å². The van der Waals surface area contributed by atoms with E-state index in [1.54, 1.807) is 6.07 Å². The number of nitrogens with two attached hydrogens (primary N) is 1. The Labute approximate surface area is 94.0 Å². The van der Waals surface area contributed by atoms with Crippen molar-refractivity contribution in [2.24, 2.45) is 16.0 Å². The molecule has 0 fully saturated rings. The molecule has 0 bridgehead atoms. The molecule has 5 heteroatoms. The summed E-state index contributed by atoms with van der Waals surface area (Å²) in [4.78, 5) is 0. The molecular weight excluding hydrogens is 212 g/mol. The quantitative estimate of drug-likeness (QED) is 0.369. The second-order valence-corrected chi connectivity index (χ2v) is 3.34. The van der Waals surface area contributed by atoms with Gasteiger partial charge in [0.1, 0.15) is 6.34 Å². The first-order valence-electron chi connectivity index (χ1n) is 4.50. The van der Waals surface area contributed by atoms with Crippen LogP contribution in [0.2, 0.25) is 5.02 Å². The molecule has 0 heterocycles. The molecule has 1 aromatic rings. The summed E-state index contributed by atoms with van der Waals surface area (Å²) in [7, 11) is 0. The van der Waals surface area contributed by atoms with Crippen LogP contribution in [0.15, 0.2) is 28.4 Å². The molecule has 0 saturated heterocycles. The normalized spacial score (nSPS) is 10.6. The zero-order chi connectivity index (χ0) is 11.3. The molecule has 0 aromatic heterocycles. The molecule has 2 N–H and O–H groups in total. The molecule has 15 heavy (non-hydrogen) atoms. The molecule has 0 saturated carbocycles. The molecule has 0 aliphatic heterocycles. The summed E-state index contributed by atoms with van der Waals surface area (Å²) < 4.78 is 0. The van der Waals surface area contributed by atoms with E-state index >= 15 is 0 Å². The van der Waals surface area contributed by atoms with Crippen LogP contribution in [0.25, 0.3) is 0 Å². The summed E-state index contributed by atoms with van der Waals surface area (Å²) in [6.45, 7) is 5.27. The summed E-state index contributed by atoms with van der Waals surface area (Å²) in [5.74, 6) is 5.76. The van der Waals surface area contributed by atoms with Crippen LogP contribution in [0.3, 0.4) is 0 Å². The Kier molecular flexibility index (Phi) is 4.27. The van der Waals surface area contributed by atoms with Gasteiger partial charge in [-0.1, -0.05) is 18.5 Å². The summed E-state index contributed by atoms with van der Waals surface area (Å²) in [5.41, 5.74) is 1.91. The third-order valence-electron chi connectivity index (χ3n) is 1.96. The van der Waals surface area contributed by atoms with Crippen molar-refractivity contribution in [3.05, 3.63) is 28.8 Å². The number of hydrogen-bond acceptors (Lipinski definition) is 3. The van der Waals surface area contributed by atoms with Gasteiger partial charge in [-0.3, -0.25) is 5.01 Å². The fourth-order valence-corrected chi connectivity index (χ4v) is 1.44. The van der Waals surface area contributed by atoms with Crippen LogP contribution in [0.4, 0.5) is 5.69 Å².